The highest BCUT2D eigenvalue weighted by molar-refractivity contribution is 5.37. The van der Waals surface area contributed by atoms with Gasteiger partial charge in [-0.1, -0.05) is 31.4 Å². The Balaban J connectivity index is 2.11. The molecule has 1 heterocycles. The fourth-order valence-electron chi connectivity index (χ4n) is 2.95. The average Bonchev–Trinajstić information content (AvgIpc) is 2.61. The zero-order valence-electron chi connectivity index (χ0n) is 14.9. The summed E-state index contributed by atoms with van der Waals surface area (Å²) in [6.07, 6.45) is 5.82. The molecule has 1 saturated heterocycles. The third-order valence-corrected chi connectivity index (χ3v) is 4.39. The van der Waals surface area contributed by atoms with Gasteiger partial charge in [0.2, 0.25) is 0 Å². The monoisotopic (exact) mass is 337 g/mol. The van der Waals surface area contributed by atoms with E-state index in [1.165, 1.54) is 0 Å². The number of nitrogens with two attached hydrogens (primary N) is 1. The average molecular weight is 337 g/mol. The van der Waals surface area contributed by atoms with Crippen LogP contribution in [0.1, 0.15) is 24.0 Å². The molecule has 1 aromatic rings. The summed E-state index contributed by atoms with van der Waals surface area (Å²) in [5.74, 6) is 0.954. The Kier molecular flexibility index (Phi) is 6.67. The van der Waals surface area contributed by atoms with Crippen LogP contribution in [0.3, 0.4) is 0 Å². The molecule has 0 aliphatic carbocycles. The van der Waals surface area contributed by atoms with Gasteiger partial charge in [-0.2, -0.15) is 5.26 Å². The second kappa shape index (κ2) is 8.95. The van der Waals surface area contributed by atoms with Crippen molar-refractivity contribution < 1.29 is 0 Å². The molecule has 0 spiro atoms. The quantitative estimate of drug-likeness (QED) is 0.748. The smallest absolute Gasteiger partial charge is 0.107 e. The van der Waals surface area contributed by atoms with Crippen LogP contribution < -0.4 is 11.1 Å². The minimum absolute atomic E-state index is 0.192. The SMILES string of the molecule is C=CN/C(=C\C(=C)N(C)Cc1ccccc1C#N)N1CCCC(N)C1. The van der Waals surface area contributed by atoms with Gasteiger partial charge < -0.3 is 20.9 Å². The van der Waals surface area contributed by atoms with E-state index in [0.717, 1.165) is 43.0 Å². The predicted molar refractivity (Wildman–Crippen MR) is 102 cm³/mol. The molecule has 1 aliphatic heterocycles. The van der Waals surface area contributed by atoms with E-state index in [9.17, 15) is 5.26 Å². The van der Waals surface area contributed by atoms with Gasteiger partial charge in [0.25, 0.3) is 0 Å². The van der Waals surface area contributed by atoms with Gasteiger partial charge in [0.15, 0.2) is 0 Å². The largest absolute Gasteiger partial charge is 0.371 e. The van der Waals surface area contributed by atoms with Crippen LogP contribution in [-0.4, -0.2) is 36.0 Å². The van der Waals surface area contributed by atoms with Gasteiger partial charge in [-0.25, -0.2) is 0 Å². The Labute approximate surface area is 150 Å². The van der Waals surface area contributed by atoms with Crippen LogP contribution in [0.15, 0.2) is 61.2 Å². The molecule has 0 bridgehead atoms. The van der Waals surface area contributed by atoms with Crippen LogP contribution in [0.2, 0.25) is 0 Å². The first-order chi connectivity index (χ1) is 12.0. The molecule has 5 heteroatoms. The van der Waals surface area contributed by atoms with Crippen molar-refractivity contribution in [2.45, 2.75) is 25.4 Å². The van der Waals surface area contributed by atoms with Crippen molar-refractivity contribution in [3.8, 4) is 6.07 Å². The van der Waals surface area contributed by atoms with Crippen molar-refractivity contribution >= 4 is 0 Å². The molecule has 5 nitrogen and oxygen atoms in total. The lowest BCUT2D eigenvalue weighted by Crippen LogP contribution is -2.44. The fourth-order valence-corrected chi connectivity index (χ4v) is 2.95. The summed E-state index contributed by atoms with van der Waals surface area (Å²) in [5, 5.41) is 12.4. The lowest BCUT2D eigenvalue weighted by molar-refractivity contribution is 0.248. The molecule has 3 N–H and O–H groups in total. The summed E-state index contributed by atoms with van der Waals surface area (Å²) in [6, 6.07) is 10.1. The standard InChI is InChI=1S/C20H27N5/c1-4-23-20(25-11-7-10-19(22)15-25)12-16(2)24(3)14-18-9-6-5-8-17(18)13-21/h4-6,8-9,12,19,23H,1-2,7,10-11,14-15,22H2,3H3/b20-12+. The topological polar surface area (TPSA) is 68.3 Å². The summed E-state index contributed by atoms with van der Waals surface area (Å²) < 4.78 is 0. The van der Waals surface area contributed by atoms with Crippen LogP contribution >= 0.6 is 0 Å². The highest BCUT2D eigenvalue weighted by atomic mass is 15.3. The molecule has 0 radical (unpaired) electrons. The molecule has 25 heavy (non-hydrogen) atoms. The number of benzene rings is 1. The molecule has 1 unspecified atom stereocenters. The third-order valence-electron chi connectivity index (χ3n) is 4.39. The molecular formula is C20H27N5. The number of nitrogens with zero attached hydrogens (tertiary/aromatic N) is 3. The number of piperidine rings is 1. The van der Waals surface area contributed by atoms with E-state index >= 15 is 0 Å². The van der Waals surface area contributed by atoms with E-state index in [2.05, 4.69) is 29.4 Å². The van der Waals surface area contributed by atoms with Gasteiger partial charge in [0.05, 0.1) is 11.6 Å². The molecule has 1 aromatic carbocycles. The van der Waals surface area contributed by atoms with Gasteiger partial charge in [0, 0.05) is 44.5 Å². The highest BCUT2D eigenvalue weighted by Gasteiger charge is 2.18. The first-order valence-electron chi connectivity index (χ1n) is 8.53. The second-order valence-corrected chi connectivity index (χ2v) is 6.34. The maximum Gasteiger partial charge on any atom is 0.107 e. The molecule has 2 rings (SSSR count). The maximum atomic E-state index is 9.24. The van der Waals surface area contributed by atoms with Gasteiger partial charge in [-0.15, -0.1) is 0 Å². The molecule has 1 aliphatic rings. The zero-order chi connectivity index (χ0) is 18.2. The van der Waals surface area contributed by atoms with Crippen LogP contribution in [0.5, 0.6) is 0 Å². The maximum absolute atomic E-state index is 9.24. The predicted octanol–water partition coefficient (Wildman–Crippen LogP) is 2.50. The summed E-state index contributed by atoms with van der Waals surface area (Å²) >= 11 is 0. The number of rotatable bonds is 7. The number of hydrogen-bond donors (Lipinski definition) is 2. The molecular weight excluding hydrogens is 310 g/mol. The van der Waals surface area contributed by atoms with Gasteiger partial charge in [0.1, 0.15) is 5.82 Å². The lowest BCUT2D eigenvalue weighted by Gasteiger charge is -2.34. The van der Waals surface area contributed by atoms with Gasteiger partial charge >= 0.3 is 0 Å². The Morgan fingerprint density at radius 1 is 1.52 bits per heavy atom. The van der Waals surface area contributed by atoms with Crippen molar-refractivity contribution in [1.29, 1.82) is 5.26 Å². The number of nitriles is 1. The van der Waals surface area contributed by atoms with Crippen LogP contribution in [0, 0.1) is 11.3 Å². The summed E-state index contributed by atoms with van der Waals surface area (Å²) in [5.41, 5.74) is 8.63. The van der Waals surface area contributed by atoms with Gasteiger partial charge in [-0.05, 0) is 30.7 Å². The van der Waals surface area contributed by atoms with E-state index < -0.39 is 0 Å². The Morgan fingerprint density at radius 2 is 2.28 bits per heavy atom. The molecule has 132 valence electrons. The second-order valence-electron chi connectivity index (χ2n) is 6.34. The van der Waals surface area contributed by atoms with Crippen molar-refractivity contribution in [2.75, 3.05) is 20.1 Å². The van der Waals surface area contributed by atoms with Crippen molar-refractivity contribution in [2.24, 2.45) is 5.73 Å². The summed E-state index contributed by atoms with van der Waals surface area (Å²) in [7, 11) is 1.97. The number of nitrogens with one attached hydrogen (secondary N) is 1. The number of allylic oxidation sites excluding steroid dienone is 1. The zero-order valence-corrected chi connectivity index (χ0v) is 14.9. The molecule has 0 aromatic heterocycles. The molecule has 1 fully saturated rings. The van der Waals surface area contributed by atoms with Crippen LogP contribution in [0.25, 0.3) is 0 Å². The Hall–Kier alpha value is -2.71. The minimum atomic E-state index is 0.192. The van der Waals surface area contributed by atoms with E-state index in [-0.39, 0.29) is 6.04 Å². The Morgan fingerprint density at radius 3 is 2.96 bits per heavy atom. The highest BCUT2D eigenvalue weighted by Crippen LogP contribution is 2.17. The first-order valence-corrected chi connectivity index (χ1v) is 8.53. The number of likely N-dealkylation sites (tertiary alicyclic amines) is 1. The normalized spacial score (nSPS) is 17.6. The molecule has 0 amide bonds. The third kappa shape index (κ3) is 5.13. The van der Waals surface area contributed by atoms with E-state index in [1.807, 2.05) is 42.3 Å². The van der Waals surface area contributed by atoms with E-state index in [4.69, 9.17) is 5.73 Å². The van der Waals surface area contributed by atoms with Crippen molar-refractivity contribution in [1.82, 2.24) is 15.1 Å². The minimum Gasteiger partial charge on any atom is -0.371 e. The van der Waals surface area contributed by atoms with E-state index in [0.29, 0.717) is 12.1 Å². The Bertz CT molecular complexity index is 686. The number of hydrogen-bond acceptors (Lipinski definition) is 5. The molecule has 0 saturated carbocycles. The lowest BCUT2D eigenvalue weighted by atomic mass is 10.1. The van der Waals surface area contributed by atoms with E-state index in [1.54, 1.807) is 6.20 Å². The van der Waals surface area contributed by atoms with Crippen molar-refractivity contribution in [3.05, 3.63) is 72.3 Å². The first kappa shape index (κ1) is 18.6. The summed E-state index contributed by atoms with van der Waals surface area (Å²) in [6.45, 7) is 10.4. The van der Waals surface area contributed by atoms with Crippen molar-refractivity contribution in [3.63, 3.8) is 0 Å². The molecule has 1 atom stereocenters. The van der Waals surface area contributed by atoms with Crippen LogP contribution in [-0.2, 0) is 6.54 Å². The van der Waals surface area contributed by atoms with Crippen LogP contribution in [0.4, 0.5) is 0 Å². The summed E-state index contributed by atoms with van der Waals surface area (Å²) in [4.78, 5) is 4.27. The fraction of sp³-hybridized carbons (Fsp3) is 0.350. The van der Waals surface area contributed by atoms with Gasteiger partial charge in [-0.3, -0.25) is 0 Å². The number of likely N-dealkylation sites (N-methyl/N-ethyl adjacent to an activating group) is 1.